The standard InChI is InChI=1S/C20H26N4O3/c1-13(2)21-20(26)18-11-16-10-15(12-24(16)23-18)22-19(25)9-6-14-4-7-17(27-3)8-5-14/h4-5,7-8,11,13,15H,6,9-10,12H2,1-3H3,(H,21,26)(H,22,25). The van der Waals surface area contributed by atoms with Gasteiger partial charge in [0.25, 0.3) is 5.91 Å². The van der Waals surface area contributed by atoms with Gasteiger partial charge in [0.1, 0.15) is 11.4 Å². The average molecular weight is 370 g/mol. The molecule has 1 unspecified atom stereocenters. The van der Waals surface area contributed by atoms with E-state index in [1.165, 1.54) is 0 Å². The van der Waals surface area contributed by atoms with Crippen LogP contribution in [0.25, 0.3) is 0 Å². The third kappa shape index (κ3) is 4.87. The van der Waals surface area contributed by atoms with Crippen molar-refractivity contribution in [1.29, 1.82) is 0 Å². The molecule has 0 saturated heterocycles. The van der Waals surface area contributed by atoms with E-state index in [4.69, 9.17) is 4.74 Å². The molecule has 2 heterocycles. The molecular weight excluding hydrogens is 344 g/mol. The highest BCUT2D eigenvalue weighted by atomic mass is 16.5. The first-order valence-electron chi connectivity index (χ1n) is 9.24. The van der Waals surface area contributed by atoms with E-state index in [9.17, 15) is 9.59 Å². The molecular formula is C20H26N4O3. The number of ether oxygens (including phenoxy) is 1. The van der Waals surface area contributed by atoms with Crippen LogP contribution in [0.1, 0.15) is 42.0 Å². The predicted octanol–water partition coefficient (Wildman–Crippen LogP) is 1.70. The van der Waals surface area contributed by atoms with Crippen molar-refractivity contribution in [3.63, 3.8) is 0 Å². The Labute approximate surface area is 159 Å². The van der Waals surface area contributed by atoms with Gasteiger partial charge < -0.3 is 15.4 Å². The number of aryl methyl sites for hydroxylation is 1. The van der Waals surface area contributed by atoms with Crippen LogP contribution >= 0.6 is 0 Å². The summed E-state index contributed by atoms with van der Waals surface area (Å²) in [4.78, 5) is 24.3. The van der Waals surface area contributed by atoms with Gasteiger partial charge in [0.15, 0.2) is 0 Å². The second-order valence-electron chi connectivity index (χ2n) is 7.15. The SMILES string of the molecule is COc1ccc(CCC(=O)NC2Cc3cc(C(=O)NC(C)C)nn3C2)cc1. The van der Waals surface area contributed by atoms with Crippen LogP contribution in [0, 0.1) is 0 Å². The molecule has 0 aliphatic carbocycles. The molecule has 1 aliphatic rings. The molecule has 0 bridgehead atoms. The minimum absolute atomic E-state index is 0.0260. The van der Waals surface area contributed by atoms with Crippen molar-refractivity contribution in [2.75, 3.05) is 7.11 Å². The summed E-state index contributed by atoms with van der Waals surface area (Å²) in [6.45, 7) is 4.43. The van der Waals surface area contributed by atoms with Gasteiger partial charge in [-0.2, -0.15) is 5.10 Å². The lowest BCUT2D eigenvalue weighted by Gasteiger charge is -2.12. The third-order valence-corrected chi connectivity index (χ3v) is 4.53. The summed E-state index contributed by atoms with van der Waals surface area (Å²) >= 11 is 0. The zero-order valence-electron chi connectivity index (χ0n) is 16.0. The maximum Gasteiger partial charge on any atom is 0.271 e. The number of aromatic nitrogens is 2. The summed E-state index contributed by atoms with van der Waals surface area (Å²) < 4.78 is 6.95. The fraction of sp³-hybridized carbons (Fsp3) is 0.450. The van der Waals surface area contributed by atoms with Gasteiger partial charge in [-0.3, -0.25) is 14.3 Å². The molecule has 7 nitrogen and oxygen atoms in total. The molecule has 2 amide bonds. The summed E-state index contributed by atoms with van der Waals surface area (Å²) in [5.74, 6) is 0.677. The summed E-state index contributed by atoms with van der Waals surface area (Å²) in [6.07, 6.45) is 1.82. The normalized spacial score (nSPS) is 15.5. The quantitative estimate of drug-likeness (QED) is 0.777. The van der Waals surface area contributed by atoms with Crippen LogP contribution < -0.4 is 15.4 Å². The molecule has 1 aromatic carbocycles. The van der Waals surface area contributed by atoms with Crippen LogP contribution in [0.2, 0.25) is 0 Å². The van der Waals surface area contributed by atoms with Crippen molar-refractivity contribution < 1.29 is 14.3 Å². The van der Waals surface area contributed by atoms with E-state index in [0.717, 1.165) is 17.0 Å². The number of fused-ring (bicyclic) bond motifs is 1. The number of methoxy groups -OCH3 is 1. The Bertz CT molecular complexity index is 788. The first kappa shape index (κ1) is 18.9. The molecule has 1 atom stereocenters. The predicted molar refractivity (Wildman–Crippen MR) is 102 cm³/mol. The number of benzene rings is 1. The molecule has 3 rings (SSSR count). The minimum Gasteiger partial charge on any atom is -0.497 e. The number of carbonyl (C=O) groups excluding carboxylic acids is 2. The maximum absolute atomic E-state index is 12.2. The number of hydrogen-bond donors (Lipinski definition) is 2. The first-order valence-corrected chi connectivity index (χ1v) is 9.24. The fourth-order valence-electron chi connectivity index (χ4n) is 3.20. The van der Waals surface area contributed by atoms with Gasteiger partial charge in [0.2, 0.25) is 5.91 Å². The third-order valence-electron chi connectivity index (χ3n) is 4.53. The number of nitrogens with one attached hydrogen (secondary N) is 2. The molecule has 27 heavy (non-hydrogen) atoms. The van der Waals surface area contributed by atoms with Crippen LogP contribution in [0.4, 0.5) is 0 Å². The highest BCUT2D eigenvalue weighted by molar-refractivity contribution is 5.92. The Kier molecular flexibility index (Phi) is 5.78. The van der Waals surface area contributed by atoms with E-state index in [2.05, 4.69) is 15.7 Å². The summed E-state index contributed by atoms with van der Waals surface area (Å²) in [6, 6.07) is 9.65. The van der Waals surface area contributed by atoms with Crippen LogP contribution in [0.3, 0.4) is 0 Å². The maximum atomic E-state index is 12.2. The number of amides is 2. The highest BCUT2D eigenvalue weighted by Crippen LogP contribution is 2.17. The van der Waals surface area contributed by atoms with Gasteiger partial charge in [0.05, 0.1) is 19.7 Å². The van der Waals surface area contributed by atoms with Gasteiger partial charge in [0, 0.05) is 24.6 Å². The largest absolute Gasteiger partial charge is 0.497 e. The molecule has 2 aromatic rings. The van der Waals surface area contributed by atoms with Gasteiger partial charge in [-0.25, -0.2) is 0 Å². The van der Waals surface area contributed by atoms with Crippen molar-refractivity contribution in [2.24, 2.45) is 0 Å². The summed E-state index contributed by atoms with van der Waals surface area (Å²) in [7, 11) is 1.63. The second kappa shape index (κ2) is 8.24. The highest BCUT2D eigenvalue weighted by Gasteiger charge is 2.26. The van der Waals surface area contributed by atoms with Crippen LogP contribution in [0.15, 0.2) is 30.3 Å². The molecule has 0 radical (unpaired) electrons. The molecule has 1 aliphatic heterocycles. The molecule has 2 N–H and O–H groups in total. The van der Waals surface area contributed by atoms with Crippen molar-refractivity contribution >= 4 is 11.8 Å². The van der Waals surface area contributed by atoms with E-state index in [0.29, 0.717) is 31.5 Å². The zero-order valence-corrected chi connectivity index (χ0v) is 16.0. The van der Waals surface area contributed by atoms with Crippen LogP contribution in [0.5, 0.6) is 5.75 Å². The average Bonchev–Trinajstić information content (AvgIpc) is 3.18. The van der Waals surface area contributed by atoms with Crippen LogP contribution in [-0.2, 0) is 24.2 Å². The van der Waals surface area contributed by atoms with Crippen molar-refractivity contribution in [3.8, 4) is 5.75 Å². The minimum atomic E-state index is -0.160. The van der Waals surface area contributed by atoms with Crippen molar-refractivity contribution in [3.05, 3.63) is 47.3 Å². The van der Waals surface area contributed by atoms with E-state index >= 15 is 0 Å². The van der Waals surface area contributed by atoms with E-state index in [-0.39, 0.29) is 23.9 Å². The topological polar surface area (TPSA) is 85.2 Å². The lowest BCUT2D eigenvalue weighted by Crippen LogP contribution is -2.36. The smallest absolute Gasteiger partial charge is 0.271 e. The monoisotopic (exact) mass is 370 g/mol. The van der Waals surface area contributed by atoms with Gasteiger partial charge in [-0.1, -0.05) is 12.1 Å². The second-order valence-corrected chi connectivity index (χ2v) is 7.15. The number of carbonyl (C=O) groups is 2. The fourth-order valence-corrected chi connectivity index (χ4v) is 3.20. The number of rotatable bonds is 7. The van der Waals surface area contributed by atoms with E-state index in [1.54, 1.807) is 13.2 Å². The molecule has 0 fully saturated rings. The molecule has 1 aromatic heterocycles. The Morgan fingerprint density at radius 3 is 2.67 bits per heavy atom. The van der Waals surface area contributed by atoms with Gasteiger partial charge in [-0.05, 0) is 44.0 Å². The summed E-state index contributed by atoms with van der Waals surface area (Å²) in [5.41, 5.74) is 2.51. The Balaban J connectivity index is 1.46. The first-order chi connectivity index (χ1) is 12.9. The molecule has 7 heteroatoms. The van der Waals surface area contributed by atoms with Crippen molar-refractivity contribution in [1.82, 2.24) is 20.4 Å². The van der Waals surface area contributed by atoms with Crippen LogP contribution in [-0.4, -0.2) is 40.8 Å². The molecule has 0 saturated carbocycles. The van der Waals surface area contributed by atoms with Gasteiger partial charge in [-0.15, -0.1) is 0 Å². The number of nitrogens with zero attached hydrogens (tertiary/aromatic N) is 2. The zero-order chi connectivity index (χ0) is 19.4. The Morgan fingerprint density at radius 2 is 2.04 bits per heavy atom. The summed E-state index contributed by atoms with van der Waals surface area (Å²) in [5, 5.41) is 10.3. The van der Waals surface area contributed by atoms with E-state index < -0.39 is 0 Å². The van der Waals surface area contributed by atoms with Gasteiger partial charge >= 0.3 is 0 Å². The lowest BCUT2D eigenvalue weighted by molar-refractivity contribution is -0.121. The van der Waals surface area contributed by atoms with Crippen molar-refractivity contribution in [2.45, 2.75) is 51.7 Å². The molecule has 144 valence electrons. The Hall–Kier alpha value is -2.83. The number of hydrogen-bond acceptors (Lipinski definition) is 4. The van der Waals surface area contributed by atoms with E-state index in [1.807, 2.05) is 42.8 Å². The lowest BCUT2D eigenvalue weighted by atomic mass is 10.1. The Morgan fingerprint density at radius 1 is 1.30 bits per heavy atom. The molecule has 0 spiro atoms.